The van der Waals surface area contributed by atoms with Gasteiger partial charge in [0.1, 0.15) is 57.6 Å². The Balaban J connectivity index is 0.000000148. The van der Waals surface area contributed by atoms with Crippen LogP contribution in [0.1, 0.15) is 144 Å². The van der Waals surface area contributed by atoms with Crippen LogP contribution in [0.15, 0.2) is 291 Å². The molecule has 9 aromatic heterocycles. The number of imidazole rings is 4. The van der Waals surface area contributed by atoms with Crippen molar-refractivity contribution >= 4 is 146 Å². The van der Waals surface area contributed by atoms with Gasteiger partial charge >= 0.3 is 28.4 Å². The minimum absolute atomic E-state index is 0.0243. The number of hydrogen-bond acceptors (Lipinski definition) is 20. The van der Waals surface area contributed by atoms with Gasteiger partial charge in [0.05, 0.1) is 51.1 Å². The molecule has 0 bridgehead atoms. The molecule has 730 valence electrons. The quantitative estimate of drug-likeness (QED) is 0.0159. The molecule has 10 heterocycles. The van der Waals surface area contributed by atoms with Crippen LogP contribution in [0.25, 0.3) is 56.4 Å². The molecule has 17 aromatic rings. The molecule has 0 saturated heterocycles. The highest BCUT2D eigenvalue weighted by atomic mass is 80.0. The summed E-state index contributed by atoms with van der Waals surface area (Å²) >= 11 is 12.9. The summed E-state index contributed by atoms with van der Waals surface area (Å²) in [5.41, 5.74) is 17.6. The highest BCUT2D eigenvalue weighted by Gasteiger charge is 2.29. The maximum atomic E-state index is 13.4. The highest BCUT2D eigenvalue weighted by molar-refractivity contribution is 9.93. The normalized spacial score (nSPS) is 11.4. The maximum absolute atomic E-state index is 13.4. The van der Waals surface area contributed by atoms with Crippen molar-refractivity contribution in [2.45, 2.75) is 170 Å². The molecule has 0 saturated carbocycles. The van der Waals surface area contributed by atoms with Crippen LogP contribution in [0.5, 0.6) is 0 Å². The molecule has 0 amide bonds. The number of hydrogen-bond donors (Lipinski definition) is 5. The first-order chi connectivity index (χ1) is 68.2. The fourth-order valence-corrected chi connectivity index (χ4v) is 16.8. The Morgan fingerprint density at radius 2 is 0.667 bits per heavy atom. The molecule has 8 aromatic carbocycles. The molecule has 0 atom stereocenters. The molecule has 0 spiro atoms. The summed E-state index contributed by atoms with van der Waals surface area (Å²) in [5, 5.41) is 19.5. The second-order valence-corrected chi connectivity index (χ2v) is 48.7. The molecule has 1 aliphatic rings. The molecular weight excluding hydrogens is 2080 g/mol. The average Bonchev–Trinajstić information content (AvgIpc) is 1.53. The maximum Gasteiger partial charge on any atom is 0.333 e. The molecule has 0 aliphatic carbocycles. The number of carbonyl (C=O) groups is 2. The molecule has 0 fully saturated rings. The van der Waals surface area contributed by atoms with Gasteiger partial charge in [0.25, 0.3) is 27.8 Å². The number of alkyl halides is 1. The largest absolute Gasteiger partial charge is 0.391 e. The lowest BCUT2D eigenvalue weighted by Crippen LogP contribution is -2.42. The first-order valence-electron chi connectivity index (χ1n) is 45.7. The first kappa shape index (κ1) is 104. The van der Waals surface area contributed by atoms with E-state index in [2.05, 4.69) is 94.5 Å². The summed E-state index contributed by atoms with van der Waals surface area (Å²) in [6, 6.07) is 75.4. The van der Waals surface area contributed by atoms with Crippen molar-refractivity contribution < 1.29 is 19.8 Å². The van der Waals surface area contributed by atoms with E-state index in [1.165, 1.54) is 41.1 Å². The van der Waals surface area contributed by atoms with Crippen molar-refractivity contribution in [1.29, 1.82) is 0 Å². The smallest absolute Gasteiger partial charge is 0.333 e. The van der Waals surface area contributed by atoms with E-state index < -0.39 is 45.9 Å². The zero-order valence-electron chi connectivity index (χ0n) is 78.0. The lowest BCUT2D eigenvalue weighted by molar-refractivity contribution is 0.0963. The van der Waals surface area contributed by atoms with Gasteiger partial charge in [-0.3, -0.25) is 83.8 Å². The molecule has 1 aliphatic heterocycles. The van der Waals surface area contributed by atoms with Crippen LogP contribution in [0.3, 0.4) is 0 Å². The lowest BCUT2D eigenvalue weighted by Gasteiger charge is -2.14. The van der Waals surface area contributed by atoms with Crippen LogP contribution >= 0.6 is 66.4 Å². The predicted molar refractivity (Wildman–Crippen MR) is 566 cm³/mol. The fourth-order valence-electron chi connectivity index (χ4n) is 16.4. The van der Waals surface area contributed by atoms with Crippen LogP contribution in [-0.2, 0) is 104 Å². The van der Waals surface area contributed by atoms with E-state index in [4.69, 9.17) is 16.5 Å². The van der Waals surface area contributed by atoms with Crippen molar-refractivity contribution in [2.75, 3.05) is 11.5 Å². The number of aliphatic hydroxyl groups is 2. The van der Waals surface area contributed by atoms with Gasteiger partial charge in [-0.2, -0.15) is 0 Å². The van der Waals surface area contributed by atoms with Crippen molar-refractivity contribution in [1.82, 2.24) is 84.3 Å². The number of H-pyrrole nitrogens is 1. The van der Waals surface area contributed by atoms with Crippen molar-refractivity contribution in [3.05, 3.63) is 415 Å². The van der Waals surface area contributed by atoms with Crippen molar-refractivity contribution in [2.24, 2.45) is 0 Å². The summed E-state index contributed by atoms with van der Waals surface area (Å²) in [4.78, 5) is 176. The van der Waals surface area contributed by atoms with Crippen molar-refractivity contribution in [3.8, 4) is 0 Å². The van der Waals surface area contributed by atoms with E-state index >= 15 is 0 Å². The van der Waals surface area contributed by atoms with Gasteiger partial charge in [-0.05, 0) is 118 Å². The minimum Gasteiger partial charge on any atom is -0.391 e. The Morgan fingerprint density at radius 3 is 1.02 bits per heavy atom. The second kappa shape index (κ2) is 49.2. The Kier molecular flexibility index (Phi) is 36.4. The number of allylic oxidation sites excluding steroid dienone is 1. The van der Waals surface area contributed by atoms with Crippen LogP contribution < -0.4 is 67.7 Å². The monoisotopic (exact) mass is 2180 g/mol. The Hall–Kier alpha value is -14.0. The number of aliphatic hydroxyl groups excluding tert-OH is 2. The zero-order valence-corrected chi connectivity index (χ0v) is 85.3. The SMILES string of the molecule is BrP(Br)Br.CCCn1c(=O)c(N)c(N)n(Cc2ccccc2)c1=O.CCCn1c(=O)c2[nH]c(CO)nc2n(Cc2ccccc2)c1=O.CCCn1c(=O)c2c(nc(CBr)n2CC(=O)c2ccccc2)n(Cc2ccccc2)c1=O.CCCn1c(=O)c2c(nc(CO)n2CC(=O)c2ccccc2)n(Cc2ccccc2)c1=O.CCCn1c(=O)c2c(nc3n2C=C(c2ccccc2)C3)n(Cc2ccccc2)c1=O. The predicted octanol–water partition coefficient (Wildman–Crippen LogP) is 14.0. The van der Waals surface area contributed by atoms with E-state index in [0.29, 0.717) is 123 Å². The van der Waals surface area contributed by atoms with Crippen LogP contribution in [0, 0.1) is 0 Å². The number of halogens is 4. The number of aromatic nitrogens is 18. The fraction of sp³-hybridized carbons (Fsp3) is 0.255. The number of carbonyl (C=O) groups excluding carboxylic acids is 2. The number of nitrogens with two attached hydrogens (primary N) is 2. The number of nitrogen functional groups attached to an aromatic ring is 2. The number of nitrogens with one attached hydrogen (secondary N) is 1. The molecule has 39 heteroatoms. The van der Waals surface area contributed by atoms with E-state index in [1.54, 1.807) is 57.7 Å². The lowest BCUT2D eigenvalue weighted by atomic mass is 10.1. The summed E-state index contributed by atoms with van der Waals surface area (Å²) in [6.45, 7) is 11.7. The summed E-state index contributed by atoms with van der Waals surface area (Å²) < 4.78 is 18.3. The number of rotatable bonds is 30. The topological polar surface area (TPSA) is 429 Å². The van der Waals surface area contributed by atoms with Gasteiger partial charge in [0.2, 0.25) is 0 Å². The average molecular weight is 2190 g/mol. The molecule has 0 radical (unpaired) electrons. The number of benzene rings is 8. The van der Waals surface area contributed by atoms with Gasteiger partial charge in [0, 0.05) is 56.5 Å². The Bertz CT molecular complexity index is 7780. The highest BCUT2D eigenvalue weighted by Crippen LogP contribution is 2.59. The van der Waals surface area contributed by atoms with Gasteiger partial charge in [0.15, 0.2) is 50.7 Å². The van der Waals surface area contributed by atoms with Gasteiger partial charge < -0.3 is 35.8 Å². The number of anilines is 2. The van der Waals surface area contributed by atoms with E-state index in [-0.39, 0.29) is 123 Å². The van der Waals surface area contributed by atoms with Gasteiger partial charge in [-0.1, -0.05) is 293 Å². The molecular formula is C102H105Br4N20O14P. The standard InChI is InChI=1S/C24H23BrN4O3.C24H24N4O4.C24H22N4O2.C16H18N4O3.C14H18N4O2.Br3P/c1-2-13-27-23(31)21-22(29(24(27)32)15-17-9-5-3-6-10-17)26-20(14-25)28(21)16-19(30)18-11-7-4-8-12-18;1-2-13-26-23(31)21-22(28(24(26)32)14-17-9-5-3-6-10-17)25-20(16-29)27(21)15-19(30)18-11-7-4-8-12-18;1-2-13-26-23(29)21-22(28(24(26)30)15-17-9-5-3-6-10-17)25-20-14-19(16-27(20)21)18-11-7-4-8-12-18;1-2-8-19-15(22)13-14(18-12(10-21)17-13)20(16(19)23)9-11-6-4-3-5-7-11;1-2-8-17-13(19)11(15)12(16)18(14(17)20)9-10-6-4-3-5-7-10;1-4(2)3/h3-12H,2,13-16H2,1H3;3-12,29H,2,13-16H2,1H3;3-12,16H,2,13-15H2,1H3;3-7,21H,2,8-10H2,1H3,(H,17,18);3-7H,2,8-9,15-16H2,1H3;. The first-order valence-corrected chi connectivity index (χ1v) is 54.2. The third-order valence-corrected chi connectivity index (χ3v) is 23.6. The number of Topliss-reactive ketones (excluding diaryl/α,β-unsaturated/α-hetero) is 2. The summed E-state index contributed by atoms with van der Waals surface area (Å²) in [6.07, 6.45) is 5.89. The zero-order chi connectivity index (χ0) is 101. The van der Waals surface area contributed by atoms with Gasteiger partial charge in [-0.25, -0.2) is 43.9 Å². The third kappa shape index (κ3) is 24.2. The number of ketones is 2. The van der Waals surface area contributed by atoms with E-state index in [9.17, 15) is 67.7 Å². The summed E-state index contributed by atoms with van der Waals surface area (Å²) in [5.74, 6) is 1.42. The van der Waals surface area contributed by atoms with Gasteiger partial charge in [-0.15, -0.1) is 0 Å². The Labute approximate surface area is 840 Å². The van der Waals surface area contributed by atoms with E-state index in [1.807, 2.05) is 227 Å². The third-order valence-electron chi connectivity index (χ3n) is 23.1. The number of aromatic amines is 1. The Morgan fingerprint density at radius 1 is 0.362 bits per heavy atom. The second-order valence-electron chi connectivity index (χ2n) is 32.8. The molecule has 7 N–H and O–H groups in total. The molecule has 18 rings (SSSR count). The van der Waals surface area contributed by atoms with Crippen LogP contribution in [0.2, 0.25) is 0 Å². The number of fused-ring (bicyclic) bond motifs is 6. The molecule has 0 unspecified atom stereocenters. The molecule has 141 heavy (non-hydrogen) atoms. The molecule has 34 nitrogen and oxygen atoms in total. The van der Waals surface area contributed by atoms with Crippen LogP contribution in [0.4, 0.5) is 11.5 Å². The van der Waals surface area contributed by atoms with Crippen LogP contribution in [-0.4, -0.2) is 106 Å². The minimum atomic E-state index is -0.515. The van der Waals surface area contributed by atoms with E-state index in [0.717, 1.165) is 49.3 Å². The summed E-state index contributed by atoms with van der Waals surface area (Å²) in [7, 11) is 0. The van der Waals surface area contributed by atoms with Crippen molar-refractivity contribution in [3.63, 3.8) is 0 Å². The number of nitrogens with zero attached hydrogens (tertiary/aromatic N) is 17.